The lowest BCUT2D eigenvalue weighted by Gasteiger charge is -2.25. The van der Waals surface area contributed by atoms with Crippen molar-refractivity contribution in [2.45, 2.75) is 39.3 Å². The first kappa shape index (κ1) is 12.8. The first-order chi connectivity index (χ1) is 7.43. The molecule has 0 radical (unpaired) electrons. The van der Waals surface area contributed by atoms with Crippen LogP contribution in [0.1, 0.15) is 27.7 Å². The van der Waals surface area contributed by atoms with Gasteiger partial charge >= 0.3 is 0 Å². The number of benzene rings is 1. The molecule has 0 saturated carbocycles. The van der Waals surface area contributed by atoms with E-state index in [0.717, 1.165) is 11.4 Å². The summed E-state index contributed by atoms with van der Waals surface area (Å²) in [4.78, 5) is 0. The minimum atomic E-state index is -0.305. The minimum Gasteiger partial charge on any atom is -0.491 e. The molecule has 3 nitrogen and oxygen atoms in total. The van der Waals surface area contributed by atoms with Crippen molar-refractivity contribution in [2.75, 3.05) is 11.9 Å². The number of aliphatic hydroxyl groups is 1. The van der Waals surface area contributed by atoms with E-state index in [-0.39, 0.29) is 18.2 Å². The van der Waals surface area contributed by atoms with E-state index in [4.69, 9.17) is 9.84 Å². The summed E-state index contributed by atoms with van der Waals surface area (Å²) in [6, 6.07) is 7.76. The third-order valence-corrected chi connectivity index (χ3v) is 2.10. The SMILES string of the molecule is CC(C)Oc1ccc(NC(C)(C)CO)cc1. The minimum absolute atomic E-state index is 0.0945. The van der Waals surface area contributed by atoms with Crippen LogP contribution in [0.3, 0.4) is 0 Å². The molecular formula is C13H21NO2. The molecular weight excluding hydrogens is 202 g/mol. The van der Waals surface area contributed by atoms with Gasteiger partial charge in [0.2, 0.25) is 0 Å². The van der Waals surface area contributed by atoms with Gasteiger partial charge in [0.1, 0.15) is 5.75 Å². The molecule has 0 aliphatic carbocycles. The Labute approximate surface area is 97.4 Å². The van der Waals surface area contributed by atoms with Crippen LogP contribution >= 0.6 is 0 Å². The first-order valence-electron chi connectivity index (χ1n) is 5.59. The van der Waals surface area contributed by atoms with Gasteiger partial charge < -0.3 is 15.2 Å². The van der Waals surface area contributed by atoms with E-state index in [2.05, 4.69) is 5.32 Å². The molecule has 0 heterocycles. The molecule has 0 bridgehead atoms. The molecule has 1 aromatic carbocycles. The highest BCUT2D eigenvalue weighted by atomic mass is 16.5. The molecule has 2 N–H and O–H groups in total. The molecule has 0 spiro atoms. The van der Waals surface area contributed by atoms with E-state index < -0.39 is 0 Å². The van der Waals surface area contributed by atoms with E-state index in [1.807, 2.05) is 52.0 Å². The van der Waals surface area contributed by atoms with Crippen LogP contribution in [0.15, 0.2) is 24.3 Å². The van der Waals surface area contributed by atoms with E-state index in [1.165, 1.54) is 0 Å². The fourth-order valence-electron chi connectivity index (χ4n) is 1.32. The lowest BCUT2D eigenvalue weighted by Crippen LogP contribution is -2.34. The summed E-state index contributed by atoms with van der Waals surface area (Å²) in [6.07, 6.45) is 0.188. The average Bonchev–Trinajstić information content (AvgIpc) is 2.20. The van der Waals surface area contributed by atoms with Crippen molar-refractivity contribution < 1.29 is 9.84 Å². The second-order valence-corrected chi connectivity index (χ2v) is 4.86. The first-order valence-corrected chi connectivity index (χ1v) is 5.59. The molecule has 16 heavy (non-hydrogen) atoms. The summed E-state index contributed by atoms with van der Waals surface area (Å²) in [6.45, 7) is 8.00. The van der Waals surface area contributed by atoms with Gasteiger partial charge in [-0.05, 0) is 52.0 Å². The van der Waals surface area contributed by atoms with Gasteiger partial charge in [-0.25, -0.2) is 0 Å². The highest BCUT2D eigenvalue weighted by Gasteiger charge is 2.15. The summed E-state index contributed by atoms with van der Waals surface area (Å²) < 4.78 is 5.55. The summed E-state index contributed by atoms with van der Waals surface area (Å²) in [5.41, 5.74) is 0.676. The van der Waals surface area contributed by atoms with E-state index in [9.17, 15) is 0 Å². The zero-order valence-electron chi connectivity index (χ0n) is 10.4. The van der Waals surface area contributed by atoms with Crippen molar-refractivity contribution in [2.24, 2.45) is 0 Å². The van der Waals surface area contributed by atoms with Crippen LogP contribution in [0.25, 0.3) is 0 Å². The number of rotatable bonds is 5. The predicted molar refractivity (Wildman–Crippen MR) is 67.0 cm³/mol. The van der Waals surface area contributed by atoms with Crippen molar-refractivity contribution in [1.29, 1.82) is 0 Å². The Hall–Kier alpha value is -1.22. The summed E-state index contributed by atoms with van der Waals surface area (Å²) in [5.74, 6) is 0.863. The molecule has 1 aromatic rings. The monoisotopic (exact) mass is 223 g/mol. The number of hydrogen-bond donors (Lipinski definition) is 2. The third-order valence-electron chi connectivity index (χ3n) is 2.10. The lowest BCUT2D eigenvalue weighted by atomic mass is 10.1. The normalized spacial score (nSPS) is 11.6. The van der Waals surface area contributed by atoms with E-state index in [0.29, 0.717) is 0 Å². The Morgan fingerprint density at radius 3 is 2.25 bits per heavy atom. The van der Waals surface area contributed by atoms with Crippen LogP contribution in [0.2, 0.25) is 0 Å². The number of nitrogens with one attached hydrogen (secondary N) is 1. The second-order valence-electron chi connectivity index (χ2n) is 4.86. The number of hydrogen-bond acceptors (Lipinski definition) is 3. The van der Waals surface area contributed by atoms with Crippen molar-refractivity contribution in [3.05, 3.63) is 24.3 Å². The average molecular weight is 223 g/mol. The molecule has 1 rings (SSSR count). The van der Waals surface area contributed by atoms with Gasteiger partial charge in [-0.1, -0.05) is 0 Å². The smallest absolute Gasteiger partial charge is 0.119 e. The zero-order chi connectivity index (χ0) is 12.2. The van der Waals surface area contributed by atoms with Gasteiger partial charge in [-0.3, -0.25) is 0 Å². The van der Waals surface area contributed by atoms with Crippen LogP contribution < -0.4 is 10.1 Å². The summed E-state index contributed by atoms with van der Waals surface area (Å²) >= 11 is 0. The Kier molecular flexibility index (Phi) is 4.19. The van der Waals surface area contributed by atoms with Crippen LogP contribution in [0.4, 0.5) is 5.69 Å². The molecule has 0 atom stereocenters. The number of aliphatic hydroxyl groups excluding tert-OH is 1. The molecule has 90 valence electrons. The van der Waals surface area contributed by atoms with Gasteiger partial charge in [0.05, 0.1) is 18.2 Å². The number of anilines is 1. The molecule has 0 aliphatic heterocycles. The topological polar surface area (TPSA) is 41.5 Å². The fourth-order valence-corrected chi connectivity index (χ4v) is 1.32. The maximum atomic E-state index is 9.14. The highest BCUT2D eigenvalue weighted by molar-refractivity contribution is 5.48. The Morgan fingerprint density at radius 2 is 1.81 bits per heavy atom. The molecule has 0 amide bonds. The Balaban J connectivity index is 2.64. The van der Waals surface area contributed by atoms with Crippen LogP contribution in [-0.2, 0) is 0 Å². The highest BCUT2D eigenvalue weighted by Crippen LogP contribution is 2.19. The maximum Gasteiger partial charge on any atom is 0.119 e. The summed E-state index contributed by atoms with van der Waals surface area (Å²) in [5, 5.41) is 12.4. The van der Waals surface area contributed by atoms with Crippen LogP contribution in [0.5, 0.6) is 5.75 Å². The third kappa shape index (κ3) is 4.11. The Morgan fingerprint density at radius 1 is 1.25 bits per heavy atom. The van der Waals surface area contributed by atoms with Gasteiger partial charge in [0.15, 0.2) is 0 Å². The number of ether oxygens (including phenoxy) is 1. The zero-order valence-corrected chi connectivity index (χ0v) is 10.4. The predicted octanol–water partition coefficient (Wildman–Crippen LogP) is 2.66. The van der Waals surface area contributed by atoms with Crippen LogP contribution in [0, 0.1) is 0 Å². The van der Waals surface area contributed by atoms with Gasteiger partial charge in [0.25, 0.3) is 0 Å². The van der Waals surface area contributed by atoms with Gasteiger partial charge in [-0.2, -0.15) is 0 Å². The van der Waals surface area contributed by atoms with Crippen molar-refractivity contribution in [3.63, 3.8) is 0 Å². The standard InChI is InChI=1S/C13H21NO2/c1-10(2)16-12-7-5-11(6-8-12)14-13(3,4)9-15/h5-8,10,14-15H,9H2,1-4H3. The van der Waals surface area contributed by atoms with Gasteiger partial charge in [0, 0.05) is 5.69 Å². The molecule has 0 unspecified atom stereocenters. The maximum absolute atomic E-state index is 9.14. The fraction of sp³-hybridized carbons (Fsp3) is 0.538. The molecule has 0 aromatic heterocycles. The van der Waals surface area contributed by atoms with Gasteiger partial charge in [-0.15, -0.1) is 0 Å². The lowest BCUT2D eigenvalue weighted by molar-refractivity contribution is 0.234. The molecule has 0 saturated heterocycles. The molecule has 0 fully saturated rings. The largest absolute Gasteiger partial charge is 0.491 e. The van der Waals surface area contributed by atoms with Crippen LogP contribution in [-0.4, -0.2) is 23.4 Å². The second kappa shape index (κ2) is 5.21. The van der Waals surface area contributed by atoms with Crippen molar-refractivity contribution in [3.8, 4) is 5.75 Å². The van der Waals surface area contributed by atoms with E-state index in [1.54, 1.807) is 0 Å². The molecule has 3 heteroatoms. The van der Waals surface area contributed by atoms with E-state index >= 15 is 0 Å². The Bertz CT molecular complexity index is 317. The van der Waals surface area contributed by atoms with Crippen molar-refractivity contribution >= 4 is 5.69 Å². The quantitative estimate of drug-likeness (QED) is 0.806. The molecule has 0 aliphatic rings. The summed E-state index contributed by atoms with van der Waals surface area (Å²) in [7, 11) is 0. The van der Waals surface area contributed by atoms with Crippen molar-refractivity contribution in [1.82, 2.24) is 0 Å².